The summed E-state index contributed by atoms with van der Waals surface area (Å²) in [4.78, 5) is 0. The molecular formula is C23H30Cl2N4O2. The summed E-state index contributed by atoms with van der Waals surface area (Å²) in [5.74, 6) is 0. The van der Waals surface area contributed by atoms with Crippen LogP contribution in [0.5, 0.6) is 0 Å². The van der Waals surface area contributed by atoms with E-state index < -0.39 is 0 Å². The number of rotatable bonds is 8. The summed E-state index contributed by atoms with van der Waals surface area (Å²) >= 11 is 0. The minimum Gasteiger partial charge on any atom is -1.00 e. The van der Waals surface area contributed by atoms with Gasteiger partial charge in [-0.3, -0.25) is 0 Å². The number of hydrogen-bond donors (Lipinski definition) is 2. The second-order valence-electron chi connectivity index (χ2n) is 7.95. The molecule has 8 heteroatoms. The highest BCUT2D eigenvalue weighted by atomic mass is 35.5. The number of aromatic nitrogens is 4. The third-order valence-corrected chi connectivity index (χ3v) is 5.28. The second-order valence-corrected chi connectivity index (χ2v) is 7.95. The van der Waals surface area contributed by atoms with Crippen molar-refractivity contribution in [3.8, 4) is 0 Å². The van der Waals surface area contributed by atoms with Crippen molar-refractivity contribution in [2.75, 3.05) is 0 Å². The maximum absolute atomic E-state index is 9.81. The minimum absolute atomic E-state index is 0. The summed E-state index contributed by atoms with van der Waals surface area (Å²) in [5, 5.41) is 19.6. The number of hydrogen-bond acceptors (Lipinski definition) is 2. The van der Waals surface area contributed by atoms with Crippen molar-refractivity contribution in [1.29, 1.82) is 0 Å². The molecule has 0 amide bonds. The molecule has 0 saturated heterocycles. The monoisotopic (exact) mass is 464 g/mol. The highest BCUT2D eigenvalue weighted by molar-refractivity contribution is 5.72. The first-order chi connectivity index (χ1) is 14.0. The molecule has 0 aliphatic rings. The average molecular weight is 465 g/mol. The molecule has 2 aromatic carbocycles. The van der Waals surface area contributed by atoms with E-state index in [1.165, 1.54) is 11.0 Å². The van der Waals surface area contributed by atoms with Crippen LogP contribution in [-0.4, -0.2) is 31.6 Å². The van der Waals surface area contributed by atoms with Crippen LogP contribution < -0.4 is 33.9 Å². The van der Waals surface area contributed by atoms with Crippen molar-refractivity contribution in [1.82, 2.24) is 9.13 Å². The minimum atomic E-state index is -0.380. The maximum atomic E-state index is 9.81. The highest BCUT2D eigenvalue weighted by Gasteiger charge is 2.19. The Hall–Kier alpha value is -2.12. The normalized spacial score (nSPS) is 13.0. The molecule has 0 aliphatic carbocycles. The molecule has 168 valence electrons. The number of aryl methyl sites for hydroxylation is 2. The lowest BCUT2D eigenvalue weighted by Gasteiger charge is -2.00. The summed E-state index contributed by atoms with van der Waals surface area (Å²) in [5.41, 5.74) is 4.67. The molecule has 4 aromatic rings. The first-order valence-corrected chi connectivity index (χ1v) is 10.3. The predicted molar refractivity (Wildman–Crippen MR) is 112 cm³/mol. The molecule has 2 aromatic heterocycles. The summed E-state index contributed by atoms with van der Waals surface area (Å²) in [6.45, 7) is 6.62. The largest absolute Gasteiger partial charge is 1.00 e. The van der Waals surface area contributed by atoms with Gasteiger partial charge in [-0.1, -0.05) is 24.3 Å². The van der Waals surface area contributed by atoms with E-state index >= 15 is 0 Å². The molecule has 0 radical (unpaired) electrons. The van der Waals surface area contributed by atoms with Gasteiger partial charge in [0.15, 0.2) is 22.1 Å². The van der Waals surface area contributed by atoms with Gasteiger partial charge in [0.25, 0.3) is 0 Å². The zero-order valence-electron chi connectivity index (χ0n) is 17.9. The Morgan fingerprint density at radius 1 is 0.710 bits per heavy atom. The van der Waals surface area contributed by atoms with E-state index in [1.54, 1.807) is 0 Å². The number of nitrogens with zero attached hydrogens (tertiary/aromatic N) is 4. The third kappa shape index (κ3) is 5.57. The van der Waals surface area contributed by atoms with Crippen molar-refractivity contribution < 1.29 is 44.2 Å². The van der Waals surface area contributed by atoms with E-state index in [0.29, 0.717) is 13.1 Å². The first-order valence-electron chi connectivity index (χ1n) is 10.3. The van der Waals surface area contributed by atoms with E-state index in [0.717, 1.165) is 30.5 Å². The van der Waals surface area contributed by atoms with Gasteiger partial charge in [-0.2, -0.15) is 0 Å². The van der Waals surface area contributed by atoms with E-state index in [4.69, 9.17) is 0 Å². The molecule has 0 spiro atoms. The Labute approximate surface area is 195 Å². The molecule has 4 rings (SSSR count). The maximum Gasteiger partial charge on any atom is 0.244 e. The molecule has 2 unspecified atom stereocenters. The smallest absolute Gasteiger partial charge is 0.244 e. The molecule has 0 aliphatic heterocycles. The number of benzene rings is 2. The van der Waals surface area contributed by atoms with Crippen molar-refractivity contribution in [2.45, 2.75) is 58.7 Å². The lowest BCUT2D eigenvalue weighted by molar-refractivity contribution is -0.678. The van der Waals surface area contributed by atoms with Crippen LogP contribution in [0.4, 0.5) is 0 Å². The highest BCUT2D eigenvalue weighted by Crippen LogP contribution is 2.14. The Morgan fingerprint density at radius 2 is 1.10 bits per heavy atom. The van der Waals surface area contributed by atoms with Gasteiger partial charge in [-0.15, -0.1) is 0 Å². The Kier molecular flexibility index (Phi) is 8.89. The van der Waals surface area contributed by atoms with Crippen LogP contribution in [0.3, 0.4) is 0 Å². The molecule has 2 atom stereocenters. The van der Waals surface area contributed by atoms with Gasteiger partial charge >= 0.3 is 0 Å². The number of para-hydroxylation sites is 4. The number of halogens is 2. The second kappa shape index (κ2) is 11.0. The molecule has 6 nitrogen and oxygen atoms in total. The van der Waals surface area contributed by atoms with Crippen LogP contribution in [-0.2, 0) is 26.2 Å². The van der Waals surface area contributed by atoms with E-state index in [9.17, 15) is 10.2 Å². The quantitative estimate of drug-likeness (QED) is 0.261. The van der Waals surface area contributed by atoms with Gasteiger partial charge in [-0.25, -0.2) is 18.3 Å². The van der Waals surface area contributed by atoms with Crippen molar-refractivity contribution >= 4 is 22.1 Å². The zero-order valence-corrected chi connectivity index (χ0v) is 19.4. The summed E-state index contributed by atoms with van der Waals surface area (Å²) in [6.07, 6.45) is 4.45. The van der Waals surface area contributed by atoms with Gasteiger partial charge < -0.3 is 35.0 Å². The standard InChI is InChI=1S/C23H30N4O2.2ClH/c1-18(28)14-26-16-24(20-8-3-5-10-22(20)26)12-7-13-25-17-27(15-19(2)29)23-11-6-4-9-21(23)25;;/h3-6,8-11,16-19,28-29H,7,12-15H2,1-2H3;2*1H/q+2;;/p-2. The third-order valence-electron chi connectivity index (χ3n) is 5.28. The van der Waals surface area contributed by atoms with Crippen LogP contribution in [0.1, 0.15) is 20.3 Å². The fraction of sp³-hybridized carbons (Fsp3) is 0.391. The number of aliphatic hydroxyl groups is 2. The molecule has 2 N–H and O–H groups in total. The van der Waals surface area contributed by atoms with Gasteiger partial charge in [0.2, 0.25) is 12.7 Å². The predicted octanol–water partition coefficient (Wildman–Crippen LogP) is -3.97. The fourth-order valence-corrected chi connectivity index (χ4v) is 4.11. The molecular weight excluding hydrogens is 435 g/mol. The van der Waals surface area contributed by atoms with Gasteiger partial charge in [0, 0.05) is 6.42 Å². The molecule has 31 heavy (non-hydrogen) atoms. The SMILES string of the molecule is CC(O)C[n+]1cn(CCCn2c[n+](CC(C)O)c3ccccc32)c2ccccc21.[Cl-].[Cl-]. The van der Waals surface area contributed by atoms with Crippen LogP contribution >= 0.6 is 0 Å². The van der Waals surface area contributed by atoms with Crippen LogP contribution in [0.2, 0.25) is 0 Å². The molecule has 0 fully saturated rings. The molecule has 0 bridgehead atoms. The lowest BCUT2D eigenvalue weighted by atomic mass is 10.3. The van der Waals surface area contributed by atoms with Gasteiger partial charge in [0.1, 0.15) is 13.1 Å². The lowest BCUT2D eigenvalue weighted by Crippen LogP contribution is -3.00. The average Bonchev–Trinajstić information content (AvgIpc) is 3.20. The Bertz CT molecular complexity index is 1030. The molecule has 2 heterocycles. The number of fused-ring (bicyclic) bond motifs is 2. The Morgan fingerprint density at radius 3 is 1.48 bits per heavy atom. The van der Waals surface area contributed by atoms with E-state index in [1.807, 2.05) is 26.0 Å². The van der Waals surface area contributed by atoms with E-state index in [-0.39, 0.29) is 37.0 Å². The van der Waals surface area contributed by atoms with Crippen molar-refractivity contribution in [2.24, 2.45) is 0 Å². The summed E-state index contributed by atoms with van der Waals surface area (Å²) in [6, 6.07) is 16.7. The Balaban J connectivity index is 0.00000171. The number of aliphatic hydroxyl groups excluding tert-OH is 2. The zero-order chi connectivity index (χ0) is 20.4. The topological polar surface area (TPSA) is 58.1 Å². The summed E-state index contributed by atoms with van der Waals surface area (Å²) in [7, 11) is 0. The molecule has 0 saturated carbocycles. The summed E-state index contributed by atoms with van der Waals surface area (Å²) < 4.78 is 8.80. The van der Waals surface area contributed by atoms with Crippen LogP contribution in [0, 0.1) is 0 Å². The number of imidazole rings is 2. The first kappa shape index (κ1) is 25.1. The fourth-order valence-electron chi connectivity index (χ4n) is 4.11. The van der Waals surface area contributed by atoms with Crippen LogP contribution in [0.15, 0.2) is 61.2 Å². The van der Waals surface area contributed by atoms with Gasteiger partial charge in [0.05, 0.1) is 25.3 Å². The van der Waals surface area contributed by atoms with Crippen LogP contribution in [0.25, 0.3) is 22.1 Å². The van der Waals surface area contributed by atoms with Crippen molar-refractivity contribution in [3.05, 3.63) is 61.2 Å². The van der Waals surface area contributed by atoms with E-state index in [2.05, 4.69) is 67.3 Å². The van der Waals surface area contributed by atoms with Gasteiger partial charge in [-0.05, 0) is 38.1 Å². The van der Waals surface area contributed by atoms with Crippen molar-refractivity contribution in [3.63, 3.8) is 0 Å².